The van der Waals surface area contributed by atoms with Crippen LogP contribution in [0.25, 0.3) is 11.1 Å². The van der Waals surface area contributed by atoms with Crippen LogP contribution < -0.4 is 4.90 Å². The maximum Gasteiger partial charge on any atom is 0.416 e. The number of para-hydroxylation sites is 2. The van der Waals surface area contributed by atoms with E-state index < -0.39 is 11.7 Å². The van der Waals surface area contributed by atoms with Crippen LogP contribution in [0, 0.1) is 0 Å². The first kappa shape index (κ1) is 17.1. The number of nitrogens with zero attached hydrogens (tertiary/aromatic N) is 2. The van der Waals surface area contributed by atoms with Gasteiger partial charge in [0.1, 0.15) is 5.52 Å². The lowest BCUT2D eigenvalue weighted by Crippen LogP contribution is -2.17. The largest absolute Gasteiger partial charge is 0.423 e. The quantitative estimate of drug-likeness (QED) is 0.430. The van der Waals surface area contributed by atoms with Gasteiger partial charge in [-0.05, 0) is 35.9 Å². The first-order chi connectivity index (χ1) is 13.0. The fraction of sp³-hybridized carbons (Fsp3) is 0.0952. The lowest BCUT2D eigenvalue weighted by molar-refractivity contribution is -0.137. The van der Waals surface area contributed by atoms with Crippen LogP contribution in [0.1, 0.15) is 11.1 Å². The summed E-state index contributed by atoms with van der Waals surface area (Å²) in [6.07, 6.45) is -4.42. The Balaban J connectivity index is 1.81. The van der Waals surface area contributed by atoms with Crippen LogP contribution in [0.4, 0.5) is 24.9 Å². The molecule has 136 valence electrons. The maximum absolute atomic E-state index is 13.2. The normalized spacial score (nSPS) is 11.7. The molecule has 0 aliphatic rings. The van der Waals surface area contributed by atoms with Gasteiger partial charge in [0.15, 0.2) is 5.58 Å². The van der Waals surface area contributed by atoms with Crippen molar-refractivity contribution in [3.05, 3.63) is 90.0 Å². The highest BCUT2D eigenvalue weighted by Crippen LogP contribution is 2.35. The third-order valence-corrected chi connectivity index (χ3v) is 4.18. The third-order valence-electron chi connectivity index (χ3n) is 4.18. The van der Waals surface area contributed by atoms with Crippen molar-refractivity contribution in [3.63, 3.8) is 0 Å². The molecule has 0 atom stereocenters. The van der Waals surface area contributed by atoms with Crippen molar-refractivity contribution in [3.8, 4) is 0 Å². The van der Waals surface area contributed by atoms with Gasteiger partial charge in [-0.15, -0.1) is 0 Å². The van der Waals surface area contributed by atoms with Crippen molar-refractivity contribution in [2.24, 2.45) is 0 Å². The minimum atomic E-state index is -4.42. The van der Waals surface area contributed by atoms with Crippen LogP contribution in [-0.4, -0.2) is 4.98 Å². The first-order valence-corrected chi connectivity index (χ1v) is 8.35. The molecule has 0 radical (unpaired) electrons. The molecule has 0 spiro atoms. The number of rotatable bonds is 4. The first-order valence-electron chi connectivity index (χ1n) is 8.35. The molecular formula is C21H15F3N2O. The smallest absolute Gasteiger partial charge is 0.416 e. The van der Waals surface area contributed by atoms with E-state index in [-0.39, 0.29) is 6.01 Å². The van der Waals surface area contributed by atoms with Crippen molar-refractivity contribution in [1.82, 2.24) is 4.98 Å². The molecule has 3 nitrogen and oxygen atoms in total. The van der Waals surface area contributed by atoms with Crippen LogP contribution in [0.15, 0.2) is 83.3 Å². The number of anilines is 2. The number of aromatic nitrogens is 1. The molecule has 4 aromatic rings. The van der Waals surface area contributed by atoms with Crippen molar-refractivity contribution in [2.45, 2.75) is 12.7 Å². The predicted octanol–water partition coefficient (Wildman–Crippen LogP) is 6.18. The summed E-state index contributed by atoms with van der Waals surface area (Å²) in [5.41, 5.74) is 1.81. The van der Waals surface area contributed by atoms with E-state index in [1.165, 1.54) is 6.07 Å². The Morgan fingerprint density at radius 3 is 2.33 bits per heavy atom. The SMILES string of the molecule is FC(F)(F)c1cccc(N(Cc2ccccc2)c2nc3ccccc3o2)c1. The van der Waals surface area contributed by atoms with Gasteiger partial charge in [0.05, 0.1) is 12.1 Å². The van der Waals surface area contributed by atoms with Gasteiger partial charge in [0.2, 0.25) is 0 Å². The number of hydrogen-bond donors (Lipinski definition) is 0. The number of fused-ring (bicyclic) bond motifs is 1. The average molecular weight is 368 g/mol. The van der Waals surface area contributed by atoms with E-state index in [2.05, 4.69) is 4.98 Å². The van der Waals surface area contributed by atoms with Crippen LogP contribution in [0.5, 0.6) is 0 Å². The monoisotopic (exact) mass is 368 g/mol. The van der Waals surface area contributed by atoms with E-state index in [0.29, 0.717) is 23.3 Å². The predicted molar refractivity (Wildman–Crippen MR) is 97.7 cm³/mol. The van der Waals surface area contributed by atoms with E-state index in [1.54, 1.807) is 23.1 Å². The van der Waals surface area contributed by atoms with Crippen LogP contribution in [0.2, 0.25) is 0 Å². The molecule has 0 aliphatic heterocycles. The Bertz CT molecular complexity index is 1020. The Kier molecular flexibility index (Phi) is 4.32. The molecule has 0 bridgehead atoms. The van der Waals surface area contributed by atoms with Crippen molar-refractivity contribution in [1.29, 1.82) is 0 Å². The minimum absolute atomic E-state index is 0.249. The van der Waals surface area contributed by atoms with Crippen LogP contribution in [0.3, 0.4) is 0 Å². The summed E-state index contributed by atoms with van der Waals surface area (Å²) in [6, 6.07) is 22.1. The van der Waals surface area contributed by atoms with E-state index >= 15 is 0 Å². The third kappa shape index (κ3) is 3.65. The number of halogens is 3. The molecule has 0 unspecified atom stereocenters. The molecule has 1 heterocycles. The number of alkyl halides is 3. The highest BCUT2D eigenvalue weighted by Gasteiger charge is 2.31. The summed E-state index contributed by atoms with van der Waals surface area (Å²) < 4.78 is 45.3. The Labute approximate surface area is 153 Å². The molecule has 0 saturated carbocycles. The molecule has 0 aliphatic carbocycles. The fourth-order valence-electron chi connectivity index (χ4n) is 2.86. The number of benzene rings is 3. The molecule has 1 aromatic heterocycles. The Hall–Kier alpha value is -3.28. The fourth-order valence-corrected chi connectivity index (χ4v) is 2.86. The zero-order valence-electron chi connectivity index (χ0n) is 14.1. The van der Waals surface area contributed by atoms with Gasteiger partial charge < -0.3 is 4.42 Å². The van der Waals surface area contributed by atoms with E-state index in [9.17, 15) is 13.2 Å². The van der Waals surface area contributed by atoms with Gasteiger partial charge in [0.25, 0.3) is 0 Å². The highest BCUT2D eigenvalue weighted by molar-refractivity contribution is 5.75. The molecule has 4 rings (SSSR count). The second kappa shape index (κ2) is 6.79. The molecule has 0 N–H and O–H groups in total. The highest BCUT2D eigenvalue weighted by atomic mass is 19.4. The summed E-state index contributed by atoms with van der Waals surface area (Å²) >= 11 is 0. The summed E-state index contributed by atoms with van der Waals surface area (Å²) in [4.78, 5) is 6.10. The maximum atomic E-state index is 13.2. The molecule has 3 aromatic carbocycles. The minimum Gasteiger partial charge on any atom is -0.423 e. The molecule has 0 amide bonds. The number of oxazole rings is 1. The summed E-state index contributed by atoms with van der Waals surface area (Å²) in [5.74, 6) is 0. The van der Waals surface area contributed by atoms with Gasteiger partial charge in [-0.25, -0.2) is 0 Å². The van der Waals surface area contributed by atoms with Gasteiger partial charge in [-0.2, -0.15) is 18.2 Å². The molecular weight excluding hydrogens is 353 g/mol. The summed E-state index contributed by atoms with van der Waals surface area (Å²) in [6.45, 7) is 0.328. The summed E-state index contributed by atoms with van der Waals surface area (Å²) in [7, 11) is 0. The molecule has 6 heteroatoms. The Morgan fingerprint density at radius 1 is 0.852 bits per heavy atom. The number of hydrogen-bond acceptors (Lipinski definition) is 3. The van der Waals surface area contributed by atoms with Gasteiger partial charge >= 0.3 is 12.2 Å². The van der Waals surface area contributed by atoms with Crippen molar-refractivity contribution >= 4 is 22.8 Å². The zero-order chi connectivity index (χ0) is 18.9. The van der Waals surface area contributed by atoms with Crippen LogP contribution in [-0.2, 0) is 12.7 Å². The second-order valence-corrected chi connectivity index (χ2v) is 6.08. The lowest BCUT2D eigenvalue weighted by atomic mass is 10.1. The summed E-state index contributed by atoms with van der Waals surface area (Å²) in [5, 5.41) is 0. The van der Waals surface area contributed by atoms with E-state index in [4.69, 9.17) is 4.42 Å². The second-order valence-electron chi connectivity index (χ2n) is 6.08. The lowest BCUT2D eigenvalue weighted by Gasteiger charge is -2.22. The topological polar surface area (TPSA) is 29.3 Å². The van der Waals surface area contributed by atoms with Crippen LogP contribution >= 0.6 is 0 Å². The Morgan fingerprint density at radius 2 is 1.59 bits per heavy atom. The zero-order valence-corrected chi connectivity index (χ0v) is 14.1. The van der Waals surface area contributed by atoms with Gasteiger partial charge in [-0.1, -0.05) is 48.5 Å². The van der Waals surface area contributed by atoms with Crippen molar-refractivity contribution in [2.75, 3.05) is 4.90 Å². The van der Waals surface area contributed by atoms with Gasteiger partial charge in [-0.3, -0.25) is 4.90 Å². The van der Waals surface area contributed by atoms with Crippen molar-refractivity contribution < 1.29 is 17.6 Å². The van der Waals surface area contributed by atoms with Gasteiger partial charge in [0, 0.05) is 5.69 Å². The van der Waals surface area contributed by atoms with E-state index in [1.807, 2.05) is 42.5 Å². The molecule has 0 saturated heterocycles. The van der Waals surface area contributed by atoms with E-state index in [0.717, 1.165) is 17.7 Å². The standard InChI is InChI=1S/C21H15F3N2O/c22-21(23,24)16-9-6-10-17(13-16)26(14-15-7-2-1-3-8-15)20-25-18-11-4-5-12-19(18)27-20/h1-13H,14H2. The average Bonchev–Trinajstić information content (AvgIpc) is 3.10. The molecule has 0 fully saturated rings. The molecule has 27 heavy (non-hydrogen) atoms.